The van der Waals surface area contributed by atoms with Crippen LogP contribution >= 0.6 is 11.9 Å². The summed E-state index contributed by atoms with van der Waals surface area (Å²) >= 11 is 1.75. The monoisotopic (exact) mass is 275 g/mol. The molecule has 2 aromatic rings. The molecule has 19 heavy (non-hydrogen) atoms. The normalized spacial score (nSPS) is 15.5. The molecule has 0 spiro atoms. The molecule has 0 N–H and O–H groups in total. The average molecular weight is 275 g/mol. The number of carbonyl (C=O) groups excluding carboxylic acids is 1. The van der Waals surface area contributed by atoms with Gasteiger partial charge >= 0.3 is 0 Å². The van der Waals surface area contributed by atoms with Gasteiger partial charge in [0, 0.05) is 49.2 Å². The van der Waals surface area contributed by atoms with Crippen molar-refractivity contribution in [3.63, 3.8) is 0 Å². The van der Waals surface area contributed by atoms with E-state index < -0.39 is 0 Å². The Morgan fingerprint density at radius 1 is 1.37 bits per heavy atom. The second-order valence-electron chi connectivity index (χ2n) is 4.84. The highest BCUT2D eigenvalue weighted by atomic mass is 32.2. The third-order valence-corrected chi connectivity index (χ3v) is 4.91. The largest absolute Gasteiger partial charge is 0.349 e. The van der Waals surface area contributed by atoms with Crippen LogP contribution in [0.25, 0.3) is 0 Å². The molecule has 1 aliphatic rings. The average Bonchev–Trinajstić information content (AvgIpc) is 2.98. The Balaban J connectivity index is 1.78. The first-order valence-electron chi connectivity index (χ1n) is 6.37. The number of carbonyl (C=O) groups is 1. The fourth-order valence-corrected chi connectivity index (χ4v) is 3.50. The van der Waals surface area contributed by atoms with E-state index in [1.807, 2.05) is 17.7 Å². The third-order valence-electron chi connectivity index (χ3n) is 3.73. The molecule has 0 atom stereocenters. The minimum absolute atomic E-state index is 0.736. The minimum Gasteiger partial charge on any atom is -0.349 e. The molecule has 0 aromatic carbocycles. The smallest absolute Gasteiger partial charge is 0.166 e. The van der Waals surface area contributed by atoms with E-state index in [0.29, 0.717) is 0 Å². The summed E-state index contributed by atoms with van der Waals surface area (Å²) < 4.78 is 6.60. The van der Waals surface area contributed by atoms with E-state index in [1.165, 1.54) is 10.6 Å². The quantitative estimate of drug-likeness (QED) is 0.637. The predicted octanol–water partition coefficient (Wildman–Crippen LogP) is 2.47. The summed E-state index contributed by atoms with van der Waals surface area (Å²) in [7, 11) is 1.94. The molecule has 0 amide bonds. The van der Waals surface area contributed by atoms with Crippen molar-refractivity contribution in [1.29, 1.82) is 0 Å². The molecule has 0 bridgehead atoms. The first-order valence-corrected chi connectivity index (χ1v) is 7.15. The van der Waals surface area contributed by atoms with Crippen LogP contribution in [-0.4, -0.2) is 26.3 Å². The van der Waals surface area contributed by atoms with Crippen LogP contribution in [0.1, 0.15) is 21.9 Å². The van der Waals surface area contributed by atoms with Crippen LogP contribution < -0.4 is 0 Å². The van der Waals surface area contributed by atoms with Gasteiger partial charge in [-0.15, -0.1) is 0 Å². The summed E-state index contributed by atoms with van der Waals surface area (Å²) in [4.78, 5) is 12.1. The number of hydrogen-bond acceptors (Lipinski definition) is 3. The Labute approximate surface area is 117 Å². The lowest BCUT2D eigenvalue weighted by Crippen LogP contribution is -2.27. The molecular formula is C14H17N3OS. The lowest BCUT2D eigenvalue weighted by atomic mass is 10.3. The molecule has 0 unspecified atom stereocenters. The lowest BCUT2D eigenvalue weighted by molar-refractivity contribution is 0.111. The van der Waals surface area contributed by atoms with Crippen LogP contribution in [0.2, 0.25) is 0 Å². The zero-order valence-corrected chi connectivity index (χ0v) is 12.0. The van der Waals surface area contributed by atoms with E-state index in [2.05, 4.69) is 34.1 Å². The summed E-state index contributed by atoms with van der Waals surface area (Å²) in [5.41, 5.74) is 3.23. The standard InChI is InChI=1S/C14H17N3OS/c1-11-14(8-13(10-18)15(11)2)19-17-7-6-16-5-3-4-12(16)9-17/h3-5,8,10H,6-7,9H2,1-2H3. The zero-order valence-electron chi connectivity index (χ0n) is 11.2. The Morgan fingerprint density at radius 3 is 2.95 bits per heavy atom. The highest BCUT2D eigenvalue weighted by Gasteiger charge is 2.18. The van der Waals surface area contributed by atoms with Crippen molar-refractivity contribution in [1.82, 2.24) is 13.4 Å². The SMILES string of the molecule is Cc1c(SN2CCn3cccc3C2)cc(C=O)n1C. The van der Waals surface area contributed by atoms with Crippen LogP contribution in [0.5, 0.6) is 0 Å². The fraction of sp³-hybridized carbons (Fsp3) is 0.357. The first kappa shape index (κ1) is 12.6. The number of rotatable bonds is 3. The third kappa shape index (κ3) is 2.24. The maximum atomic E-state index is 11.0. The molecule has 0 saturated heterocycles. The van der Waals surface area contributed by atoms with E-state index in [-0.39, 0.29) is 0 Å². The highest BCUT2D eigenvalue weighted by molar-refractivity contribution is 7.97. The Morgan fingerprint density at radius 2 is 2.21 bits per heavy atom. The molecule has 100 valence electrons. The number of fused-ring (bicyclic) bond motifs is 1. The van der Waals surface area contributed by atoms with Crippen molar-refractivity contribution in [2.45, 2.75) is 24.9 Å². The first-order chi connectivity index (χ1) is 9.19. The summed E-state index contributed by atoms with van der Waals surface area (Å²) in [5, 5.41) is 0. The van der Waals surface area contributed by atoms with Gasteiger partial charge in [0.2, 0.25) is 0 Å². The molecule has 0 saturated carbocycles. The van der Waals surface area contributed by atoms with Crippen molar-refractivity contribution in [3.8, 4) is 0 Å². The van der Waals surface area contributed by atoms with Gasteiger partial charge in [-0.1, -0.05) is 0 Å². The van der Waals surface area contributed by atoms with E-state index in [4.69, 9.17) is 0 Å². The van der Waals surface area contributed by atoms with Gasteiger partial charge in [0.15, 0.2) is 6.29 Å². The van der Waals surface area contributed by atoms with Crippen molar-refractivity contribution in [3.05, 3.63) is 41.5 Å². The number of aromatic nitrogens is 2. The van der Waals surface area contributed by atoms with Gasteiger partial charge in [-0.25, -0.2) is 4.31 Å². The Kier molecular flexibility index (Phi) is 3.24. The van der Waals surface area contributed by atoms with Gasteiger partial charge in [-0.05, 0) is 37.1 Å². The number of nitrogens with zero attached hydrogens (tertiary/aromatic N) is 3. The molecule has 2 aromatic heterocycles. The minimum atomic E-state index is 0.736. The van der Waals surface area contributed by atoms with E-state index >= 15 is 0 Å². The van der Waals surface area contributed by atoms with Gasteiger partial charge in [0.25, 0.3) is 0 Å². The van der Waals surface area contributed by atoms with Crippen LogP contribution in [-0.2, 0) is 20.1 Å². The second-order valence-corrected chi connectivity index (χ2v) is 5.98. The highest BCUT2D eigenvalue weighted by Crippen LogP contribution is 2.30. The van der Waals surface area contributed by atoms with Crippen molar-refractivity contribution < 1.29 is 4.79 Å². The maximum absolute atomic E-state index is 11.0. The van der Waals surface area contributed by atoms with Crippen LogP contribution in [0, 0.1) is 6.92 Å². The van der Waals surface area contributed by atoms with E-state index in [0.717, 1.165) is 37.3 Å². The predicted molar refractivity (Wildman–Crippen MR) is 76.2 cm³/mol. The summed E-state index contributed by atoms with van der Waals surface area (Å²) in [6.07, 6.45) is 3.05. The van der Waals surface area contributed by atoms with E-state index in [9.17, 15) is 4.79 Å². The van der Waals surface area contributed by atoms with Crippen LogP contribution in [0.3, 0.4) is 0 Å². The number of aldehydes is 1. The topological polar surface area (TPSA) is 30.2 Å². The Hall–Kier alpha value is -1.46. The van der Waals surface area contributed by atoms with Gasteiger partial charge in [0.05, 0.1) is 5.69 Å². The summed E-state index contributed by atoms with van der Waals surface area (Å²) in [6, 6.07) is 6.24. The number of hydrogen-bond donors (Lipinski definition) is 0. The summed E-state index contributed by atoms with van der Waals surface area (Å²) in [6.45, 7) is 5.06. The van der Waals surface area contributed by atoms with Gasteiger partial charge in [0.1, 0.15) is 0 Å². The zero-order chi connectivity index (χ0) is 13.4. The molecule has 3 rings (SSSR count). The maximum Gasteiger partial charge on any atom is 0.166 e. The van der Waals surface area contributed by atoms with Crippen molar-refractivity contribution >= 4 is 18.2 Å². The molecule has 0 radical (unpaired) electrons. The lowest BCUT2D eigenvalue weighted by Gasteiger charge is -2.27. The molecule has 4 nitrogen and oxygen atoms in total. The Bertz CT molecular complexity index is 614. The van der Waals surface area contributed by atoms with Crippen LogP contribution in [0.15, 0.2) is 29.3 Å². The molecule has 5 heteroatoms. The van der Waals surface area contributed by atoms with Gasteiger partial charge < -0.3 is 9.13 Å². The van der Waals surface area contributed by atoms with Crippen molar-refractivity contribution in [2.75, 3.05) is 6.54 Å². The van der Waals surface area contributed by atoms with Crippen LogP contribution in [0.4, 0.5) is 0 Å². The second kappa shape index (κ2) is 4.90. The van der Waals surface area contributed by atoms with Gasteiger partial charge in [-0.3, -0.25) is 4.79 Å². The van der Waals surface area contributed by atoms with Gasteiger partial charge in [-0.2, -0.15) is 0 Å². The van der Waals surface area contributed by atoms with E-state index in [1.54, 1.807) is 11.9 Å². The molecule has 0 fully saturated rings. The summed E-state index contributed by atoms with van der Waals surface area (Å²) in [5.74, 6) is 0. The molecule has 1 aliphatic heterocycles. The van der Waals surface area contributed by atoms with Crippen molar-refractivity contribution in [2.24, 2.45) is 7.05 Å². The molecule has 0 aliphatic carbocycles. The molecule has 3 heterocycles. The molecular weight excluding hydrogens is 258 g/mol. The fourth-order valence-electron chi connectivity index (χ4n) is 2.41.